The van der Waals surface area contributed by atoms with E-state index >= 15 is 0 Å². The average molecular weight is 885 g/mol. The summed E-state index contributed by atoms with van der Waals surface area (Å²) >= 11 is 0. The van der Waals surface area contributed by atoms with E-state index in [1.165, 1.54) is 21.0 Å². The number of likely N-dealkylation sites (N-methyl/N-ethyl adjacent to an activating group) is 2. The van der Waals surface area contributed by atoms with E-state index in [0.29, 0.717) is 19.3 Å². The third kappa shape index (κ3) is 14.1. The van der Waals surface area contributed by atoms with Gasteiger partial charge in [0, 0.05) is 39.3 Å². The maximum Gasteiger partial charge on any atom is 0.308 e. The second kappa shape index (κ2) is 23.7. The number of nitrogens with zero attached hydrogens (tertiary/aromatic N) is 2. The third-order valence-corrected chi connectivity index (χ3v) is 12.7. The highest BCUT2D eigenvalue weighted by Crippen LogP contribution is 2.38. The van der Waals surface area contributed by atoms with Crippen molar-refractivity contribution in [3.05, 3.63) is 24.3 Å². The summed E-state index contributed by atoms with van der Waals surface area (Å²) in [7, 11) is 9.03. The summed E-state index contributed by atoms with van der Waals surface area (Å²) in [4.78, 5) is 42.6. The van der Waals surface area contributed by atoms with E-state index in [2.05, 4.69) is 4.90 Å². The summed E-state index contributed by atoms with van der Waals surface area (Å²) in [5, 5.41) is 33.3. The van der Waals surface area contributed by atoms with E-state index in [1.807, 2.05) is 57.1 Å². The van der Waals surface area contributed by atoms with E-state index in [-0.39, 0.29) is 30.9 Å². The van der Waals surface area contributed by atoms with Gasteiger partial charge in [-0.1, -0.05) is 31.2 Å². The molecule has 4 rings (SSSR count). The fraction of sp³-hybridized carbons (Fsp3) is 0.844. The van der Waals surface area contributed by atoms with Crippen molar-refractivity contribution in [3.63, 3.8) is 0 Å². The molecule has 3 fully saturated rings. The fourth-order valence-electron chi connectivity index (χ4n) is 9.39. The lowest BCUT2D eigenvalue weighted by atomic mass is 9.82. The van der Waals surface area contributed by atoms with Crippen LogP contribution in [-0.2, 0) is 57.0 Å². The van der Waals surface area contributed by atoms with Gasteiger partial charge in [-0.25, -0.2) is 0 Å². The van der Waals surface area contributed by atoms with Crippen molar-refractivity contribution in [3.8, 4) is 0 Å². The Morgan fingerprint density at radius 1 is 0.887 bits per heavy atom. The van der Waals surface area contributed by atoms with Crippen molar-refractivity contribution in [1.29, 1.82) is 0 Å². The van der Waals surface area contributed by atoms with Crippen molar-refractivity contribution in [2.75, 3.05) is 35.3 Å². The van der Waals surface area contributed by atoms with Gasteiger partial charge in [-0.2, -0.15) is 0 Å². The molecule has 0 saturated carbocycles. The lowest BCUT2D eigenvalue weighted by Crippen LogP contribution is -2.66. The van der Waals surface area contributed by atoms with Crippen LogP contribution in [0.5, 0.6) is 0 Å². The third-order valence-electron chi connectivity index (χ3n) is 12.7. The van der Waals surface area contributed by atoms with Gasteiger partial charge in [-0.3, -0.25) is 9.59 Å². The van der Waals surface area contributed by atoms with E-state index in [1.54, 1.807) is 34.9 Å². The first kappa shape index (κ1) is 52.2. The van der Waals surface area contributed by atoms with Crippen LogP contribution in [-0.4, -0.2) is 182 Å². The lowest BCUT2D eigenvalue weighted by molar-refractivity contribution is -0.344. The molecule has 0 aromatic carbocycles. The summed E-state index contributed by atoms with van der Waals surface area (Å²) in [6.07, 6.45) is -1.89. The number of aliphatic hydroxyl groups is 3. The molecular weight excluding hydrogens is 808 g/mol. The zero-order chi connectivity index (χ0) is 46.1. The number of aliphatic hydroxyl groups excluding tert-OH is 2. The van der Waals surface area contributed by atoms with E-state index in [4.69, 9.17) is 42.6 Å². The minimum atomic E-state index is -1.50. The number of esters is 2. The SMILES string of the molecule is COC1C(O)CC(=O)OC(C)CC=CC=CC(OC2CCC(N(C)C)C(C)O2)C(C)CC(CC=O)C1OC1OC(C)C(OC2C[C@@](C)(O)C(O)C(C)O2)C(N(C)C)C1OC(C)=O. The summed E-state index contributed by atoms with van der Waals surface area (Å²) in [5.41, 5.74) is -1.50. The molecule has 18 unspecified atom stereocenters. The molecule has 4 heterocycles. The van der Waals surface area contributed by atoms with Crippen LogP contribution in [0.1, 0.15) is 93.4 Å². The van der Waals surface area contributed by atoms with Crippen LogP contribution >= 0.6 is 0 Å². The highest BCUT2D eigenvalue weighted by atomic mass is 16.7. The van der Waals surface area contributed by atoms with Gasteiger partial charge >= 0.3 is 11.9 Å². The van der Waals surface area contributed by atoms with Gasteiger partial charge in [0.05, 0.1) is 54.7 Å². The number of carbonyl (C=O) groups excluding carboxylic acids is 3. The first-order chi connectivity index (χ1) is 29.2. The molecule has 4 aliphatic heterocycles. The fourth-order valence-corrected chi connectivity index (χ4v) is 9.39. The number of ether oxygens (including phenoxy) is 9. The van der Waals surface area contributed by atoms with Crippen LogP contribution in [0.25, 0.3) is 0 Å². The number of methoxy groups -OCH3 is 1. The summed E-state index contributed by atoms with van der Waals surface area (Å²) in [6.45, 7) is 12.0. The Morgan fingerprint density at radius 2 is 1.58 bits per heavy atom. The van der Waals surface area contributed by atoms with Crippen LogP contribution in [0.4, 0.5) is 0 Å². The predicted molar refractivity (Wildman–Crippen MR) is 226 cm³/mol. The number of allylic oxidation sites excluding steroid dienone is 2. The molecule has 356 valence electrons. The molecule has 17 heteroatoms. The molecule has 0 aromatic heterocycles. The molecule has 62 heavy (non-hydrogen) atoms. The van der Waals surface area contributed by atoms with E-state index in [0.717, 1.165) is 12.7 Å². The number of aldehydes is 1. The van der Waals surface area contributed by atoms with Crippen LogP contribution in [0.2, 0.25) is 0 Å². The summed E-state index contributed by atoms with van der Waals surface area (Å²) < 4.78 is 56.6. The molecule has 0 aliphatic carbocycles. The van der Waals surface area contributed by atoms with Crippen molar-refractivity contribution in [2.45, 2.75) is 197 Å². The molecule has 0 amide bonds. The maximum atomic E-state index is 13.2. The Bertz CT molecular complexity index is 1480. The minimum absolute atomic E-state index is 0.0345. The standard InChI is InChI=1S/C45H76N2O15/c1-25-22-31(20-21-48)40(62-44-42(59-30(6)49)38(47(10)11)39(28(4)58-44)61-37-24-45(7,53)43(52)29(5)57-37)41(54-12)33(50)23-35(51)55-26(2)16-14-13-15-17-34(25)60-36-19-18-32(46(8)9)27(3)56-36/h13-15,17,21,25-29,31-34,36-44,50,52-53H,16,18-20,22-24H2,1-12H3/t25?,26?,27?,28?,29?,31?,32?,33?,34?,36?,37?,38?,39?,40?,41?,42?,43?,44?,45-/m1/s1. The molecule has 0 aromatic rings. The highest BCUT2D eigenvalue weighted by molar-refractivity contribution is 5.70. The number of rotatable bonds is 12. The van der Waals surface area contributed by atoms with Crippen molar-refractivity contribution >= 4 is 18.2 Å². The molecule has 0 spiro atoms. The zero-order valence-electron chi connectivity index (χ0n) is 38.9. The second-order valence-corrected chi connectivity index (χ2v) is 18.4. The Hall–Kier alpha value is -2.39. The predicted octanol–water partition coefficient (Wildman–Crippen LogP) is 2.90. The normalized spacial score (nSPS) is 43.0. The topological polar surface area (TPSA) is 201 Å². The number of cyclic esters (lactones) is 1. The molecular formula is C45H76N2O15. The Kier molecular flexibility index (Phi) is 20.0. The highest BCUT2D eigenvalue weighted by Gasteiger charge is 2.53. The second-order valence-electron chi connectivity index (χ2n) is 18.4. The molecule has 0 bridgehead atoms. The van der Waals surface area contributed by atoms with Crippen LogP contribution in [0, 0.1) is 11.8 Å². The quantitative estimate of drug-likeness (QED) is 0.191. The van der Waals surface area contributed by atoms with E-state index in [9.17, 15) is 29.7 Å². The molecule has 17 nitrogen and oxygen atoms in total. The molecule has 19 atom stereocenters. The van der Waals surface area contributed by atoms with Gasteiger partial charge in [-0.05, 0) is 93.9 Å². The maximum absolute atomic E-state index is 13.2. The number of carbonyl (C=O) groups is 3. The van der Waals surface area contributed by atoms with Gasteiger partial charge in [0.15, 0.2) is 25.0 Å². The Labute approximate surface area is 368 Å². The van der Waals surface area contributed by atoms with Crippen LogP contribution in [0.3, 0.4) is 0 Å². The molecule has 3 saturated heterocycles. The van der Waals surface area contributed by atoms with Crippen molar-refractivity contribution < 1.29 is 72.3 Å². The number of hydrogen-bond donors (Lipinski definition) is 3. The minimum Gasteiger partial charge on any atom is -0.462 e. The van der Waals surface area contributed by atoms with Gasteiger partial charge in [0.25, 0.3) is 0 Å². The summed E-state index contributed by atoms with van der Waals surface area (Å²) in [5.74, 6) is -2.18. The monoisotopic (exact) mass is 885 g/mol. The van der Waals surface area contributed by atoms with Gasteiger partial charge in [0.1, 0.15) is 30.7 Å². The number of hydrogen-bond acceptors (Lipinski definition) is 17. The first-order valence-electron chi connectivity index (χ1n) is 22.2. The van der Waals surface area contributed by atoms with E-state index < -0.39 is 116 Å². The Morgan fingerprint density at radius 3 is 2.18 bits per heavy atom. The molecule has 3 N–H and O–H groups in total. The van der Waals surface area contributed by atoms with Crippen LogP contribution < -0.4 is 0 Å². The van der Waals surface area contributed by atoms with Gasteiger partial charge in [0.2, 0.25) is 0 Å². The van der Waals surface area contributed by atoms with Crippen molar-refractivity contribution in [1.82, 2.24) is 9.80 Å². The Balaban J connectivity index is 1.73. The average Bonchev–Trinajstić information content (AvgIpc) is 3.16. The first-order valence-corrected chi connectivity index (χ1v) is 22.2. The summed E-state index contributed by atoms with van der Waals surface area (Å²) in [6, 6.07) is -0.475. The smallest absolute Gasteiger partial charge is 0.308 e. The largest absolute Gasteiger partial charge is 0.462 e. The lowest BCUT2D eigenvalue weighted by Gasteiger charge is -2.50. The van der Waals surface area contributed by atoms with Gasteiger partial charge < -0.3 is 72.5 Å². The molecule has 0 radical (unpaired) electrons. The molecule has 4 aliphatic rings. The van der Waals surface area contributed by atoms with Crippen LogP contribution in [0.15, 0.2) is 24.3 Å². The van der Waals surface area contributed by atoms with Crippen molar-refractivity contribution in [2.24, 2.45) is 11.8 Å². The zero-order valence-corrected chi connectivity index (χ0v) is 38.9. The van der Waals surface area contributed by atoms with Gasteiger partial charge in [-0.15, -0.1) is 0 Å².